The highest BCUT2D eigenvalue weighted by molar-refractivity contribution is 5.15. The van der Waals surface area contributed by atoms with E-state index in [1.54, 1.807) is 0 Å². The van der Waals surface area contributed by atoms with E-state index in [9.17, 15) is 15.3 Å². The van der Waals surface area contributed by atoms with E-state index < -0.39 is 5.79 Å². The van der Waals surface area contributed by atoms with Crippen molar-refractivity contribution in [2.24, 2.45) is 52.3 Å². The quantitative estimate of drug-likeness (QED) is 0.496. The molecule has 182 valence electrons. The van der Waals surface area contributed by atoms with Gasteiger partial charge < -0.3 is 25.4 Å². The topological polar surface area (TPSA) is 82.0 Å². The number of aliphatic hydroxyl groups excluding tert-OH is 2. The van der Waals surface area contributed by atoms with Crippen molar-refractivity contribution >= 4 is 0 Å². The molecule has 2 heterocycles. The maximum Gasteiger partial charge on any atom is 0.182 e. The number of nitrogens with one attached hydrogen (secondary N) is 1. The lowest BCUT2D eigenvalue weighted by atomic mass is 9.44. The van der Waals surface area contributed by atoms with Crippen LogP contribution in [-0.2, 0) is 4.74 Å². The Kier molecular flexibility index (Phi) is 5.15. The molecular formula is C27H45NO4. The van der Waals surface area contributed by atoms with Gasteiger partial charge >= 0.3 is 0 Å². The average Bonchev–Trinajstić information content (AvgIpc) is 3.05. The summed E-state index contributed by atoms with van der Waals surface area (Å²) in [6.45, 7) is 8.33. The molecule has 0 unspecified atom stereocenters. The highest BCUT2D eigenvalue weighted by Gasteiger charge is 2.67. The Bertz CT molecular complexity index is 747. The van der Waals surface area contributed by atoms with Gasteiger partial charge in [0.25, 0.3) is 0 Å². The van der Waals surface area contributed by atoms with Gasteiger partial charge in [-0.25, -0.2) is 0 Å². The minimum atomic E-state index is -1.14. The number of piperidine rings is 1. The van der Waals surface area contributed by atoms with E-state index in [0.717, 1.165) is 37.6 Å². The number of hydrogen-bond acceptors (Lipinski definition) is 5. The van der Waals surface area contributed by atoms with Crippen molar-refractivity contribution in [1.82, 2.24) is 5.32 Å². The molecule has 0 amide bonds. The van der Waals surface area contributed by atoms with Gasteiger partial charge in [-0.05, 0) is 104 Å². The molecule has 6 fully saturated rings. The summed E-state index contributed by atoms with van der Waals surface area (Å²) in [6.07, 6.45) is 10.1. The molecule has 2 saturated heterocycles. The minimum absolute atomic E-state index is 0.0343. The van der Waals surface area contributed by atoms with Gasteiger partial charge in [0.05, 0.1) is 18.2 Å². The van der Waals surface area contributed by atoms with Crippen LogP contribution in [0.2, 0.25) is 0 Å². The predicted octanol–water partition coefficient (Wildman–Crippen LogP) is 3.31. The second-order valence-electron chi connectivity index (χ2n) is 13.4. The van der Waals surface area contributed by atoms with E-state index >= 15 is 0 Å². The van der Waals surface area contributed by atoms with Crippen LogP contribution in [0.15, 0.2) is 0 Å². The standard InChI is InChI=1S/C27H45NO4/c1-15-23-22(32-27(31)12-16(14-29)13-28-24(15)27)11-21-19-5-4-17-10-18(30)6-8-25(17,2)20(19)7-9-26(21,23)3/h15-24,28-31H,4-14H2,1-3H3/t15-,16-,17-,18-,19+,20-,21-,22-,23-,24+,25-,26-,27-/m0/s1. The number of fused-ring (bicyclic) bond motifs is 8. The van der Waals surface area contributed by atoms with Gasteiger partial charge in [0.15, 0.2) is 5.79 Å². The fourth-order valence-electron chi connectivity index (χ4n) is 10.7. The molecule has 6 aliphatic rings. The van der Waals surface area contributed by atoms with E-state index in [1.807, 2.05) is 0 Å². The summed E-state index contributed by atoms with van der Waals surface area (Å²) in [5, 5.41) is 35.2. The van der Waals surface area contributed by atoms with E-state index in [2.05, 4.69) is 26.1 Å². The van der Waals surface area contributed by atoms with Crippen molar-refractivity contribution in [3.8, 4) is 0 Å². The molecule has 0 aromatic heterocycles. The van der Waals surface area contributed by atoms with E-state index in [0.29, 0.717) is 40.9 Å². The fourth-order valence-corrected chi connectivity index (χ4v) is 10.7. The first-order chi connectivity index (χ1) is 15.2. The molecule has 0 radical (unpaired) electrons. The predicted molar refractivity (Wildman–Crippen MR) is 123 cm³/mol. The Hall–Kier alpha value is -0.200. The van der Waals surface area contributed by atoms with Crippen molar-refractivity contribution in [3.63, 3.8) is 0 Å². The molecule has 2 aliphatic heterocycles. The van der Waals surface area contributed by atoms with Gasteiger partial charge in [-0.2, -0.15) is 0 Å². The van der Waals surface area contributed by atoms with Gasteiger partial charge in [0.1, 0.15) is 0 Å². The van der Waals surface area contributed by atoms with Gasteiger partial charge in [0.2, 0.25) is 0 Å². The fraction of sp³-hybridized carbons (Fsp3) is 1.00. The van der Waals surface area contributed by atoms with Crippen LogP contribution in [0.5, 0.6) is 0 Å². The van der Waals surface area contributed by atoms with E-state index in [-0.39, 0.29) is 30.8 Å². The molecule has 0 spiro atoms. The molecule has 0 aromatic carbocycles. The van der Waals surface area contributed by atoms with Gasteiger partial charge in [-0.15, -0.1) is 0 Å². The van der Waals surface area contributed by atoms with Crippen molar-refractivity contribution in [2.45, 2.75) is 103 Å². The van der Waals surface area contributed by atoms with Gasteiger partial charge in [-0.3, -0.25) is 0 Å². The Morgan fingerprint density at radius 2 is 1.78 bits per heavy atom. The van der Waals surface area contributed by atoms with Crippen LogP contribution in [0.3, 0.4) is 0 Å². The smallest absolute Gasteiger partial charge is 0.182 e. The molecule has 0 bridgehead atoms. The van der Waals surface area contributed by atoms with Crippen LogP contribution in [0.1, 0.15) is 78.6 Å². The number of aliphatic hydroxyl groups is 3. The van der Waals surface area contributed by atoms with Crippen LogP contribution in [0, 0.1) is 52.3 Å². The van der Waals surface area contributed by atoms with Crippen molar-refractivity contribution < 1.29 is 20.1 Å². The zero-order valence-electron chi connectivity index (χ0n) is 20.3. The zero-order chi connectivity index (χ0) is 22.5. The Morgan fingerprint density at radius 1 is 1.00 bits per heavy atom. The van der Waals surface area contributed by atoms with Crippen LogP contribution >= 0.6 is 0 Å². The Labute approximate surface area is 193 Å². The summed E-state index contributed by atoms with van der Waals surface area (Å²) in [4.78, 5) is 0. The third-order valence-electron chi connectivity index (χ3n) is 12.1. The maximum atomic E-state index is 11.6. The number of hydrogen-bond donors (Lipinski definition) is 4. The van der Waals surface area contributed by atoms with E-state index in [1.165, 1.54) is 32.1 Å². The lowest BCUT2D eigenvalue weighted by Gasteiger charge is -2.62. The first-order valence-electron chi connectivity index (χ1n) is 13.6. The lowest BCUT2D eigenvalue weighted by molar-refractivity contribution is -0.312. The molecule has 4 N–H and O–H groups in total. The van der Waals surface area contributed by atoms with Crippen molar-refractivity contribution in [3.05, 3.63) is 0 Å². The normalized spacial score (nSPS) is 61.7. The molecular weight excluding hydrogens is 402 g/mol. The average molecular weight is 448 g/mol. The molecule has 5 nitrogen and oxygen atoms in total. The SMILES string of the molecule is C[C@H]1[C@H]2[C@H](C[C@H]3[C@@H]4CC[C@H]5C[C@@H](O)CC[C@]5(C)[C@H]4CC[C@]23C)O[C@@]2(O)C[C@H](CO)CN[C@H]12. The largest absolute Gasteiger partial charge is 0.396 e. The van der Waals surface area contributed by atoms with Crippen LogP contribution < -0.4 is 5.32 Å². The van der Waals surface area contributed by atoms with Crippen molar-refractivity contribution in [2.75, 3.05) is 13.2 Å². The highest BCUT2D eigenvalue weighted by Crippen LogP contribution is 2.70. The summed E-state index contributed by atoms with van der Waals surface area (Å²) >= 11 is 0. The van der Waals surface area contributed by atoms with Gasteiger partial charge in [-0.1, -0.05) is 20.8 Å². The summed E-state index contributed by atoms with van der Waals surface area (Å²) < 4.78 is 6.64. The second kappa shape index (κ2) is 7.40. The zero-order valence-corrected chi connectivity index (χ0v) is 20.3. The Morgan fingerprint density at radius 3 is 2.56 bits per heavy atom. The first kappa shape index (κ1) is 22.3. The van der Waals surface area contributed by atoms with E-state index in [4.69, 9.17) is 4.74 Å². The van der Waals surface area contributed by atoms with Crippen molar-refractivity contribution in [1.29, 1.82) is 0 Å². The number of ether oxygens (including phenoxy) is 1. The summed E-state index contributed by atoms with van der Waals surface area (Å²) in [6, 6.07) is -0.0343. The molecule has 5 heteroatoms. The third-order valence-corrected chi connectivity index (χ3v) is 12.1. The number of rotatable bonds is 1. The minimum Gasteiger partial charge on any atom is -0.396 e. The highest BCUT2D eigenvalue weighted by atomic mass is 16.6. The molecule has 13 atom stereocenters. The van der Waals surface area contributed by atoms with Crippen LogP contribution in [-0.4, -0.2) is 52.5 Å². The second-order valence-corrected chi connectivity index (χ2v) is 13.4. The van der Waals surface area contributed by atoms with Crippen LogP contribution in [0.25, 0.3) is 0 Å². The summed E-state index contributed by atoms with van der Waals surface area (Å²) in [7, 11) is 0. The monoisotopic (exact) mass is 447 g/mol. The molecule has 4 saturated carbocycles. The molecule has 4 aliphatic carbocycles. The maximum absolute atomic E-state index is 11.6. The van der Waals surface area contributed by atoms with Gasteiger partial charge in [0, 0.05) is 19.6 Å². The Balaban J connectivity index is 1.29. The molecule has 6 rings (SSSR count). The summed E-state index contributed by atoms with van der Waals surface area (Å²) in [5.74, 6) is 2.72. The molecule has 32 heavy (non-hydrogen) atoms. The molecule has 0 aromatic rings. The first-order valence-corrected chi connectivity index (χ1v) is 13.6. The third kappa shape index (κ3) is 2.93. The lowest BCUT2D eigenvalue weighted by Crippen LogP contribution is -2.68. The summed E-state index contributed by atoms with van der Waals surface area (Å²) in [5.41, 5.74) is 0.686. The van der Waals surface area contributed by atoms with Crippen LogP contribution in [0.4, 0.5) is 0 Å².